The fraction of sp³-hybridized carbons (Fsp3) is 0.419. The van der Waals surface area contributed by atoms with Crippen LogP contribution in [0.3, 0.4) is 0 Å². The van der Waals surface area contributed by atoms with Gasteiger partial charge in [0.15, 0.2) is 15.7 Å². The Morgan fingerprint density at radius 3 is 2.49 bits per heavy atom. The number of ether oxygens (including phenoxy) is 1. The van der Waals surface area contributed by atoms with Crippen molar-refractivity contribution in [2.75, 3.05) is 30.3 Å². The minimum atomic E-state index is -3.59. The van der Waals surface area contributed by atoms with Crippen molar-refractivity contribution in [3.8, 4) is 5.75 Å². The summed E-state index contributed by atoms with van der Waals surface area (Å²) in [6.45, 7) is 9.15. The second-order valence-electron chi connectivity index (χ2n) is 11.8. The summed E-state index contributed by atoms with van der Waals surface area (Å²) in [5.74, 6) is 0.491. The van der Waals surface area contributed by atoms with Crippen molar-refractivity contribution in [3.05, 3.63) is 58.7 Å². The minimum absolute atomic E-state index is 0.0514. The number of fused-ring (bicyclic) bond motifs is 1. The van der Waals surface area contributed by atoms with Gasteiger partial charge in [-0.3, -0.25) is 14.5 Å². The number of sulfone groups is 1. The van der Waals surface area contributed by atoms with E-state index in [4.69, 9.17) is 22.1 Å². The molecule has 2 aliphatic rings. The maximum atomic E-state index is 13.6. The number of hydrogen-bond acceptors (Lipinski definition) is 10. The third-order valence-electron chi connectivity index (χ3n) is 7.84. The molecule has 1 aromatic heterocycles. The van der Waals surface area contributed by atoms with Crippen LogP contribution < -0.4 is 21.1 Å². The highest BCUT2D eigenvalue weighted by Gasteiger charge is 2.36. The van der Waals surface area contributed by atoms with Crippen LogP contribution in [0.25, 0.3) is 0 Å². The molecule has 14 heteroatoms. The summed E-state index contributed by atoms with van der Waals surface area (Å²) in [7, 11) is -3.59. The van der Waals surface area contributed by atoms with E-state index in [0.29, 0.717) is 42.3 Å². The zero-order valence-electron chi connectivity index (χ0n) is 25.7. The lowest BCUT2D eigenvalue weighted by molar-refractivity contribution is -0.119. The molecule has 4 N–H and O–H groups in total. The van der Waals surface area contributed by atoms with E-state index < -0.39 is 15.1 Å². The van der Waals surface area contributed by atoms with Gasteiger partial charge in [-0.2, -0.15) is 4.98 Å². The van der Waals surface area contributed by atoms with Crippen molar-refractivity contribution >= 4 is 56.4 Å². The summed E-state index contributed by atoms with van der Waals surface area (Å²) in [6, 6.07) is 10.3. The summed E-state index contributed by atoms with van der Waals surface area (Å²) in [5, 5.41) is 5.81. The van der Waals surface area contributed by atoms with Crippen molar-refractivity contribution in [1.82, 2.24) is 19.8 Å². The quantitative estimate of drug-likeness (QED) is 0.269. The van der Waals surface area contributed by atoms with Crippen molar-refractivity contribution in [1.29, 1.82) is 0 Å². The molecule has 3 aromatic rings. The van der Waals surface area contributed by atoms with Crippen LogP contribution >= 0.6 is 11.6 Å². The fourth-order valence-corrected chi connectivity index (χ4v) is 6.89. The lowest BCUT2D eigenvalue weighted by atomic mass is 10.0. The van der Waals surface area contributed by atoms with Crippen LogP contribution in [0, 0.1) is 0 Å². The Morgan fingerprint density at radius 2 is 1.82 bits per heavy atom. The van der Waals surface area contributed by atoms with Crippen molar-refractivity contribution in [2.24, 2.45) is 5.73 Å². The molecule has 0 saturated carbocycles. The van der Waals surface area contributed by atoms with Gasteiger partial charge in [0.1, 0.15) is 10.8 Å². The molecule has 2 aliphatic heterocycles. The summed E-state index contributed by atoms with van der Waals surface area (Å²) >= 11 is 6.43. The van der Waals surface area contributed by atoms with Gasteiger partial charge >= 0.3 is 0 Å². The molecule has 0 radical (unpaired) electrons. The van der Waals surface area contributed by atoms with Crippen molar-refractivity contribution in [2.45, 2.75) is 69.4 Å². The lowest BCUT2D eigenvalue weighted by Gasteiger charge is -2.36. The van der Waals surface area contributed by atoms with E-state index in [-0.39, 0.29) is 52.2 Å². The highest BCUT2D eigenvalue weighted by atomic mass is 35.5. The number of nitrogens with one attached hydrogen (secondary N) is 2. The number of benzene rings is 2. The van der Waals surface area contributed by atoms with Crippen molar-refractivity contribution in [3.63, 3.8) is 0 Å². The second-order valence-corrected chi connectivity index (χ2v) is 14.7. The molecule has 2 aromatic carbocycles. The average Bonchev–Trinajstić information content (AvgIpc) is 3.29. The number of nitrogens with zero attached hydrogens (tertiary/aromatic N) is 4. The zero-order valence-corrected chi connectivity index (χ0v) is 27.3. The van der Waals surface area contributed by atoms with Gasteiger partial charge in [0, 0.05) is 31.2 Å². The lowest BCUT2D eigenvalue weighted by Crippen LogP contribution is -2.47. The smallest absolute Gasteiger partial charge is 0.254 e. The maximum Gasteiger partial charge on any atom is 0.254 e. The van der Waals surface area contributed by atoms with E-state index in [1.807, 2.05) is 29.7 Å². The number of hydrogen-bond donors (Lipinski definition) is 3. The molecule has 1 fully saturated rings. The van der Waals surface area contributed by atoms with E-state index in [2.05, 4.69) is 20.6 Å². The number of para-hydroxylation sites is 1. The first-order valence-corrected chi connectivity index (χ1v) is 16.8. The number of nitrogens with two attached hydrogens (primary N) is 1. The van der Waals surface area contributed by atoms with Crippen LogP contribution in [-0.2, 0) is 21.2 Å². The Bertz CT molecular complexity index is 1710. The molecule has 3 heterocycles. The number of rotatable bonds is 11. The Kier molecular flexibility index (Phi) is 9.52. The molecule has 5 rings (SSSR count). The van der Waals surface area contributed by atoms with Crippen LogP contribution in [0.1, 0.15) is 56.5 Å². The van der Waals surface area contributed by atoms with Crippen LogP contribution in [0.15, 0.2) is 47.5 Å². The van der Waals surface area contributed by atoms with Gasteiger partial charge in [-0.25, -0.2) is 13.4 Å². The number of aromatic nitrogens is 2. The summed E-state index contributed by atoms with van der Waals surface area (Å²) < 4.78 is 32.1. The fourth-order valence-electron chi connectivity index (χ4n) is 5.55. The monoisotopic (exact) mass is 655 g/mol. The molecule has 12 nitrogen and oxygen atoms in total. The number of primary amides is 1. The van der Waals surface area contributed by atoms with E-state index in [1.54, 1.807) is 38.1 Å². The molecular weight excluding hydrogens is 618 g/mol. The molecule has 45 heavy (non-hydrogen) atoms. The van der Waals surface area contributed by atoms with E-state index in [9.17, 15) is 18.0 Å². The Hall–Kier alpha value is -3.94. The predicted molar refractivity (Wildman–Crippen MR) is 173 cm³/mol. The van der Waals surface area contributed by atoms with Gasteiger partial charge in [-0.1, -0.05) is 23.7 Å². The van der Waals surface area contributed by atoms with Crippen molar-refractivity contribution < 1.29 is 22.7 Å². The number of amides is 2. The minimum Gasteiger partial charge on any atom is -0.489 e. The summed E-state index contributed by atoms with van der Waals surface area (Å²) in [5.41, 5.74) is 7.63. The topological polar surface area (TPSA) is 160 Å². The molecule has 0 atom stereocenters. The predicted octanol–water partition coefficient (Wildman–Crippen LogP) is 4.49. The highest BCUT2D eigenvalue weighted by Crippen LogP contribution is 2.38. The summed E-state index contributed by atoms with van der Waals surface area (Å²) in [6.07, 6.45) is 2.77. The number of halogens is 1. The van der Waals surface area contributed by atoms with Gasteiger partial charge in [0.2, 0.25) is 11.9 Å². The molecule has 0 unspecified atom stereocenters. The third kappa shape index (κ3) is 7.15. The molecule has 0 spiro atoms. The number of likely N-dealkylation sites (tertiary alicyclic amines) is 1. The summed E-state index contributed by atoms with van der Waals surface area (Å²) in [4.78, 5) is 37.8. The molecule has 0 bridgehead atoms. The Balaban J connectivity index is 1.40. The van der Waals surface area contributed by atoms with E-state index in [1.165, 1.54) is 12.3 Å². The Morgan fingerprint density at radius 1 is 1.11 bits per heavy atom. The highest BCUT2D eigenvalue weighted by molar-refractivity contribution is 7.92. The van der Waals surface area contributed by atoms with E-state index in [0.717, 1.165) is 18.4 Å². The van der Waals surface area contributed by atoms with Crippen LogP contribution in [-0.4, -0.2) is 77.0 Å². The molecule has 240 valence electrons. The van der Waals surface area contributed by atoms with Gasteiger partial charge < -0.3 is 26.0 Å². The average molecular weight is 656 g/mol. The molecule has 2 amide bonds. The largest absolute Gasteiger partial charge is 0.489 e. The second kappa shape index (κ2) is 13.2. The first kappa shape index (κ1) is 32.5. The maximum absolute atomic E-state index is 13.6. The molecular formula is C31H38ClN7O5S. The molecule has 0 aliphatic carbocycles. The number of carbonyl (C=O) groups excluding carboxylic acids is 2. The van der Waals surface area contributed by atoms with Gasteiger partial charge in [-0.05, 0) is 70.4 Å². The van der Waals surface area contributed by atoms with Crippen LogP contribution in [0.4, 0.5) is 23.1 Å². The van der Waals surface area contributed by atoms with Gasteiger partial charge in [0.05, 0.1) is 40.4 Å². The van der Waals surface area contributed by atoms with Gasteiger partial charge in [-0.15, -0.1) is 0 Å². The number of anilines is 4. The first-order valence-electron chi connectivity index (χ1n) is 14.9. The standard InChI is InChI=1S/C31H38ClN7O5S/c1-18(2)44-26-13-20-16-39(21-9-11-38(12-10-21)17-28(33)40)30(41)22(20)14-25(26)36-31-34-15-23(32)29(37-31)35-24-7-5-6-8-27(24)45(42,43)19(3)4/h5-8,13-15,18-19,21H,9-12,16-17H2,1-4H3,(H2,33,40)(H2,34,35,36,37). The van der Waals surface area contributed by atoms with E-state index >= 15 is 0 Å². The SMILES string of the molecule is CC(C)Oc1cc2c(cc1Nc1ncc(Cl)c(Nc3ccccc3S(=O)(=O)C(C)C)n1)C(=O)N(C1CCN(CC(N)=O)CC1)C2. The van der Waals surface area contributed by atoms with Gasteiger partial charge in [0.25, 0.3) is 5.91 Å². The Labute approximate surface area is 268 Å². The van der Waals surface area contributed by atoms with Crippen LogP contribution in [0.2, 0.25) is 5.02 Å². The number of piperidine rings is 1. The molecule has 1 saturated heterocycles. The third-order valence-corrected chi connectivity index (χ3v) is 10.3. The first-order chi connectivity index (χ1) is 21.3. The number of carbonyl (C=O) groups is 2. The van der Waals surface area contributed by atoms with Crippen LogP contribution in [0.5, 0.6) is 5.75 Å². The zero-order chi connectivity index (χ0) is 32.5. The normalized spacial score (nSPS) is 15.9.